The lowest BCUT2D eigenvalue weighted by Crippen LogP contribution is -2.38. The van der Waals surface area contributed by atoms with Crippen LogP contribution in [-0.2, 0) is 19.1 Å². The lowest BCUT2D eigenvalue weighted by molar-refractivity contribution is -0.147. The maximum atomic E-state index is 14.1. The summed E-state index contributed by atoms with van der Waals surface area (Å²) >= 11 is 0. The molecule has 0 atom stereocenters. The molecule has 1 aromatic heterocycles. The van der Waals surface area contributed by atoms with Crippen LogP contribution >= 0.6 is 0 Å². The number of carbonyl (C=O) groups is 4. The number of nitrogens with one attached hydrogen (secondary N) is 1. The van der Waals surface area contributed by atoms with Crippen LogP contribution in [0.25, 0.3) is 0 Å². The molecule has 0 saturated heterocycles. The van der Waals surface area contributed by atoms with Gasteiger partial charge in [-0.15, -0.1) is 10.2 Å². The van der Waals surface area contributed by atoms with Crippen LogP contribution in [-0.4, -0.2) is 66.4 Å². The first-order valence-corrected chi connectivity index (χ1v) is 18.0. The molecule has 3 aliphatic rings. The topological polar surface area (TPSA) is 146 Å². The Morgan fingerprint density at radius 2 is 1.04 bits per heavy atom. The van der Waals surface area contributed by atoms with E-state index in [1.165, 1.54) is 27.1 Å². The molecule has 3 aromatic rings. The number of hydrogen-bond donors (Lipinski definition) is 1. The Morgan fingerprint density at radius 3 is 1.43 bits per heavy atom. The van der Waals surface area contributed by atoms with Crippen molar-refractivity contribution in [3.05, 3.63) is 71.8 Å². The molecular formula is C39H46N4O8. The summed E-state index contributed by atoms with van der Waals surface area (Å²) in [4.78, 5) is 52.9. The van der Waals surface area contributed by atoms with E-state index in [0.717, 1.165) is 43.4 Å². The van der Waals surface area contributed by atoms with Crippen LogP contribution in [0.4, 0.5) is 11.6 Å². The molecule has 3 saturated carbocycles. The Balaban J connectivity index is 1.15. The lowest BCUT2D eigenvalue weighted by Gasteiger charge is -2.27. The van der Waals surface area contributed by atoms with Gasteiger partial charge >= 0.3 is 11.9 Å². The number of amides is 2. The van der Waals surface area contributed by atoms with Gasteiger partial charge in [0.2, 0.25) is 0 Å². The van der Waals surface area contributed by atoms with E-state index in [-0.39, 0.29) is 52.9 Å². The Bertz CT molecular complexity index is 1550. The van der Waals surface area contributed by atoms with Crippen LogP contribution < -0.4 is 19.7 Å². The summed E-state index contributed by atoms with van der Waals surface area (Å²) in [7, 11) is 2.82. The summed E-state index contributed by atoms with van der Waals surface area (Å²) in [6, 6.07) is 17.1. The summed E-state index contributed by atoms with van der Waals surface area (Å²) in [6.07, 6.45) is 10.1. The maximum absolute atomic E-state index is 14.1. The zero-order chi connectivity index (χ0) is 35.7. The van der Waals surface area contributed by atoms with E-state index in [0.29, 0.717) is 49.0 Å². The number of anilines is 2. The van der Waals surface area contributed by atoms with Crippen molar-refractivity contribution in [2.24, 2.45) is 11.8 Å². The third kappa shape index (κ3) is 9.03. The van der Waals surface area contributed by atoms with Crippen LogP contribution in [0.2, 0.25) is 0 Å². The molecule has 0 spiro atoms. The number of aromatic nitrogens is 2. The minimum atomic E-state index is -0.557. The minimum Gasteiger partial charge on any atom is -0.490 e. The van der Waals surface area contributed by atoms with Crippen LogP contribution in [0.5, 0.6) is 11.5 Å². The molecular weight excluding hydrogens is 652 g/mol. The van der Waals surface area contributed by atoms with Gasteiger partial charge < -0.3 is 24.3 Å². The van der Waals surface area contributed by atoms with Crippen molar-refractivity contribution in [2.75, 3.05) is 24.4 Å². The molecule has 2 aromatic carbocycles. The number of esters is 2. The fraction of sp³-hybridized carbons (Fsp3) is 0.487. The van der Waals surface area contributed by atoms with Crippen molar-refractivity contribution in [3.8, 4) is 11.5 Å². The first kappa shape index (κ1) is 35.8. The minimum absolute atomic E-state index is 0.0426. The first-order valence-electron chi connectivity index (χ1n) is 18.0. The lowest BCUT2D eigenvalue weighted by atomic mass is 9.87. The molecule has 2 amide bonds. The normalized spacial score (nSPS) is 22.0. The van der Waals surface area contributed by atoms with Crippen LogP contribution in [0, 0.1) is 11.8 Å². The summed E-state index contributed by atoms with van der Waals surface area (Å²) in [6.45, 7) is 0. The monoisotopic (exact) mass is 698 g/mol. The van der Waals surface area contributed by atoms with Crippen molar-refractivity contribution < 1.29 is 38.1 Å². The van der Waals surface area contributed by atoms with E-state index in [1.807, 2.05) is 0 Å². The highest BCUT2D eigenvalue weighted by Crippen LogP contribution is 2.31. The Kier molecular flexibility index (Phi) is 11.8. The molecule has 0 radical (unpaired) electrons. The predicted molar refractivity (Wildman–Crippen MR) is 189 cm³/mol. The van der Waals surface area contributed by atoms with Gasteiger partial charge in [-0.25, -0.2) is 4.90 Å². The van der Waals surface area contributed by atoms with E-state index in [4.69, 9.17) is 18.9 Å². The third-order valence-corrected chi connectivity index (χ3v) is 10.2. The average Bonchev–Trinajstić information content (AvgIpc) is 3.69. The number of nitrogens with zero attached hydrogens (tertiary/aromatic N) is 3. The fourth-order valence-corrected chi connectivity index (χ4v) is 7.26. The highest BCUT2D eigenvalue weighted by Gasteiger charge is 2.31. The molecule has 6 rings (SSSR count). The molecule has 12 heteroatoms. The highest BCUT2D eigenvalue weighted by atomic mass is 16.5. The zero-order valence-electron chi connectivity index (χ0n) is 29.3. The molecule has 0 aliphatic heterocycles. The summed E-state index contributed by atoms with van der Waals surface area (Å²) in [5, 5.41) is 12.0. The maximum Gasteiger partial charge on any atom is 0.308 e. The highest BCUT2D eigenvalue weighted by molar-refractivity contribution is 6.25. The number of benzene rings is 2. The second kappa shape index (κ2) is 16.8. The third-order valence-electron chi connectivity index (χ3n) is 10.2. The summed E-state index contributed by atoms with van der Waals surface area (Å²) < 4.78 is 22.1. The Labute approximate surface area is 298 Å². The van der Waals surface area contributed by atoms with Crippen LogP contribution in [0.15, 0.2) is 60.7 Å². The van der Waals surface area contributed by atoms with E-state index < -0.39 is 11.8 Å². The standard InChI is InChI=1S/C39H46N4O8/c1-48-38(46)27-11-19-32(20-12-27)50-30-15-7-25(8-16-30)36(44)43(35-24-23-34(41-42-35)40-29-5-3-4-6-29)37(45)26-9-17-31(18-10-26)51-33-21-13-28(14-22-33)39(47)49-2/h7-10,15-18,23-24,27-29,32-33H,3-6,11-14,19-22H2,1-2H3,(H,40,41). The SMILES string of the molecule is COC(=O)C1CCC(Oc2ccc(C(=O)N(C(=O)c3ccc(OC4CCC(C(=O)OC)CC4)cc3)c3ccc(NC4CCCC4)nn3)cc2)CC1. The quantitative estimate of drug-likeness (QED) is 0.172. The van der Waals surface area contributed by atoms with Crippen molar-refractivity contribution in [1.29, 1.82) is 0 Å². The number of carbonyl (C=O) groups excluding carboxylic acids is 4. The molecule has 0 bridgehead atoms. The molecule has 12 nitrogen and oxygen atoms in total. The summed E-state index contributed by atoms with van der Waals surface area (Å²) in [5.74, 6) is 0.221. The van der Waals surface area contributed by atoms with Crippen molar-refractivity contribution in [3.63, 3.8) is 0 Å². The molecule has 51 heavy (non-hydrogen) atoms. The van der Waals surface area contributed by atoms with Gasteiger partial charge in [0, 0.05) is 17.2 Å². The number of methoxy groups -OCH3 is 2. The number of hydrogen-bond acceptors (Lipinski definition) is 11. The summed E-state index contributed by atoms with van der Waals surface area (Å²) in [5.41, 5.74) is 0.560. The molecule has 1 N–H and O–H groups in total. The number of imide groups is 1. The van der Waals surface area contributed by atoms with E-state index in [1.54, 1.807) is 60.7 Å². The number of ether oxygens (including phenoxy) is 4. The van der Waals surface area contributed by atoms with Gasteiger partial charge in [-0.1, -0.05) is 12.8 Å². The molecule has 270 valence electrons. The molecule has 3 aliphatic carbocycles. The first-order chi connectivity index (χ1) is 24.8. The second-order valence-electron chi connectivity index (χ2n) is 13.6. The largest absolute Gasteiger partial charge is 0.490 e. The van der Waals surface area contributed by atoms with Gasteiger partial charge in [-0.05, 0) is 125 Å². The van der Waals surface area contributed by atoms with Gasteiger partial charge in [-0.2, -0.15) is 0 Å². The van der Waals surface area contributed by atoms with Crippen molar-refractivity contribution in [1.82, 2.24) is 10.2 Å². The van der Waals surface area contributed by atoms with Gasteiger partial charge in [-0.3, -0.25) is 19.2 Å². The van der Waals surface area contributed by atoms with Gasteiger partial charge in [0.25, 0.3) is 11.8 Å². The van der Waals surface area contributed by atoms with E-state index in [2.05, 4.69) is 15.5 Å². The van der Waals surface area contributed by atoms with Gasteiger partial charge in [0.05, 0.1) is 38.3 Å². The fourth-order valence-electron chi connectivity index (χ4n) is 7.26. The molecule has 1 heterocycles. The van der Waals surface area contributed by atoms with Gasteiger partial charge in [0.15, 0.2) is 5.82 Å². The van der Waals surface area contributed by atoms with Gasteiger partial charge in [0.1, 0.15) is 17.3 Å². The molecule has 3 fully saturated rings. The smallest absolute Gasteiger partial charge is 0.308 e. The van der Waals surface area contributed by atoms with Crippen molar-refractivity contribution in [2.45, 2.75) is 95.3 Å². The van der Waals surface area contributed by atoms with Crippen LogP contribution in [0.1, 0.15) is 97.8 Å². The van der Waals surface area contributed by atoms with Crippen LogP contribution in [0.3, 0.4) is 0 Å². The van der Waals surface area contributed by atoms with E-state index >= 15 is 0 Å². The number of rotatable bonds is 11. The molecule has 0 unspecified atom stereocenters. The Hall–Kier alpha value is -5.00. The predicted octanol–water partition coefficient (Wildman–Crippen LogP) is 6.54. The van der Waals surface area contributed by atoms with Crippen molar-refractivity contribution >= 4 is 35.4 Å². The second-order valence-corrected chi connectivity index (χ2v) is 13.6. The Morgan fingerprint density at radius 1 is 0.588 bits per heavy atom. The van der Waals surface area contributed by atoms with E-state index in [9.17, 15) is 19.2 Å². The average molecular weight is 699 g/mol. The zero-order valence-corrected chi connectivity index (χ0v) is 29.3.